The summed E-state index contributed by atoms with van der Waals surface area (Å²) in [6.07, 6.45) is 0. The summed E-state index contributed by atoms with van der Waals surface area (Å²) in [5.41, 5.74) is 3.84. The van der Waals surface area contributed by atoms with E-state index in [0.717, 1.165) is 35.2 Å². The van der Waals surface area contributed by atoms with Crippen molar-refractivity contribution in [2.45, 2.75) is 5.16 Å². The standard InChI is InChI=1S/C21H19ClN6O2S/c22-14-5-3-7-16(19(14)28-8-10-30-11-9-28)23-17(29)12-31-21-25-20-18(26-27-21)13-4-1-2-6-15(13)24-20/h1-7H,8-12H2,(H,23,29)(H,24,25,27). The van der Waals surface area contributed by atoms with Crippen LogP contribution >= 0.6 is 23.4 Å². The number of carbonyl (C=O) groups excluding carboxylic acids is 1. The lowest BCUT2D eigenvalue weighted by Gasteiger charge is -2.31. The lowest BCUT2D eigenvalue weighted by Crippen LogP contribution is -2.37. The van der Waals surface area contributed by atoms with E-state index in [1.807, 2.05) is 42.5 Å². The molecule has 1 aliphatic rings. The second kappa shape index (κ2) is 8.70. The highest BCUT2D eigenvalue weighted by molar-refractivity contribution is 7.99. The smallest absolute Gasteiger partial charge is 0.234 e. The summed E-state index contributed by atoms with van der Waals surface area (Å²) in [5.74, 6) is -0.00947. The second-order valence-corrected chi connectivity index (χ2v) is 8.38. The van der Waals surface area contributed by atoms with Gasteiger partial charge < -0.3 is 19.9 Å². The fourth-order valence-corrected chi connectivity index (χ4v) is 4.49. The number of aromatic nitrogens is 4. The number of morpholine rings is 1. The largest absolute Gasteiger partial charge is 0.378 e. The molecule has 10 heteroatoms. The molecule has 0 bridgehead atoms. The maximum Gasteiger partial charge on any atom is 0.234 e. The Morgan fingerprint density at radius 1 is 1.16 bits per heavy atom. The van der Waals surface area contributed by atoms with E-state index in [0.29, 0.717) is 34.7 Å². The summed E-state index contributed by atoms with van der Waals surface area (Å²) in [7, 11) is 0. The highest BCUT2D eigenvalue weighted by atomic mass is 35.5. The molecule has 3 heterocycles. The average Bonchev–Trinajstić information content (AvgIpc) is 3.16. The van der Waals surface area contributed by atoms with Crippen molar-refractivity contribution in [3.8, 4) is 0 Å². The van der Waals surface area contributed by atoms with Crippen molar-refractivity contribution in [3.63, 3.8) is 0 Å². The third kappa shape index (κ3) is 4.16. The molecule has 0 saturated carbocycles. The van der Waals surface area contributed by atoms with Crippen molar-refractivity contribution in [2.24, 2.45) is 0 Å². The summed E-state index contributed by atoms with van der Waals surface area (Å²) in [5, 5.41) is 13.4. The number of halogens is 1. The van der Waals surface area contributed by atoms with Crippen molar-refractivity contribution in [1.29, 1.82) is 0 Å². The van der Waals surface area contributed by atoms with Gasteiger partial charge in [0.05, 0.1) is 35.4 Å². The monoisotopic (exact) mass is 454 g/mol. The molecule has 0 spiro atoms. The molecule has 1 amide bonds. The number of benzene rings is 2. The molecule has 0 atom stereocenters. The van der Waals surface area contributed by atoms with Crippen LogP contribution in [0.3, 0.4) is 0 Å². The molecule has 2 N–H and O–H groups in total. The Morgan fingerprint density at radius 3 is 2.87 bits per heavy atom. The molecule has 158 valence electrons. The molecule has 4 aromatic rings. The molecule has 1 aliphatic heterocycles. The number of nitrogens with one attached hydrogen (secondary N) is 2. The SMILES string of the molecule is O=C(CSc1nnc2c(n1)[nH]c1ccccc12)Nc1cccc(Cl)c1N1CCOCC1. The molecule has 1 saturated heterocycles. The maximum atomic E-state index is 12.6. The molecular formula is C21H19ClN6O2S. The van der Waals surface area contributed by atoms with Gasteiger partial charge in [-0.2, -0.15) is 0 Å². The van der Waals surface area contributed by atoms with Gasteiger partial charge in [0, 0.05) is 24.0 Å². The minimum absolute atomic E-state index is 0.155. The predicted octanol–water partition coefficient (Wildman–Crippen LogP) is 3.73. The summed E-state index contributed by atoms with van der Waals surface area (Å²) in [6, 6.07) is 13.3. The highest BCUT2D eigenvalue weighted by Crippen LogP contribution is 2.34. The van der Waals surface area contributed by atoms with Crippen LogP contribution in [-0.4, -0.2) is 58.1 Å². The molecule has 2 aromatic heterocycles. The summed E-state index contributed by atoms with van der Waals surface area (Å²) in [6.45, 7) is 2.72. The number of rotatable bonds is 5. The van der Waals surface area contributed by atoms with Crippen LogP contribution < -0.4 is 10.2 Å². The van der Waals surface area contributed by atoms with Gasteiger partial charge in [-0.15, -0.1) is 10.2 Å². The lowest BCUT2D eigenvalue weighted by molar-refractivity contribution is -0.113. The number of anilines is 2. The molecule has 5 rings (SSSR count). The molecule has 0 aliphatic carbocycles. The van der Waals surface area contributed by atoms with Crippen molar-refractivity contribution in [2.75, 3.05) is 42.3 Å². The van der Waals surface area contributed by atoms with Gasteiger partial charge in [0.15, 0.2) is 5.65 Å². The van der Waals surface area contributed by atoms with Gasteiger partial charge in [0.1, 0.15) is 5.52 Å². The Hall–Kier alpha value is -2.88. The summed E-state index contributed by atoms with van der Waals surface area (Å²) >= 11 is 7.67. The number of para-hydroxylation sites is 2. The van der Waals surface area contributed by atoms with Crippen LogP contribution in [0.15, 0.2) is 47.6 Å². The van der Waals surface area contributed by atoms with E-state index in [9.17, 15) is 4.79 Å². The van der Waals surface area contributed by atoms with E-state index in [-0.39, 0.29) is 11.7 Å². The van der Waals surface area contributed by atoms with Crippen LogP contribution in [0.25, 0.3) is 22.1 Å². The number of carbonyl (C=O) groups is 1. The lowest BCUT2D eigenvalue weighted by atomic mass is 10.2. The highest BCUT2D eigenvalue weighted by Gasteiger charge is 2.19. The van der Waals surface area contributed by atoms with Gasteiger partial charge in [-0.25, -0.2) is 4.98 Å². The molecule has 2 aromatic carbocycles. The number of hydrogen-bond acceptors (Lipinski definition) is 7. The third-order valence-corrected chi connectivity index (χ3v) is 6.17. The minimum atomic E-state index is -0.165. The van der Waals surface area contributed by atoms with Crippen LogP contribution in [0.5, 0.6) is 0 Å². The molecule has 1 fully saturated rings. The summed E-state index contributed by atoms with van der Waals surface area (Å²) in [4.78, 5) is 22.5. The molecule has 8 nitrogen and oxygen atoms in total. The fourth-order valence-electron chi connectivity index (χ4n) is 3.61. The quantitative estimate of drug-likeness (QED) is 0.443. The number of ether oxygens (including phenoxy) is 1. The number of fused-ring (bicyclic) bond motifs is 3. The van der Waals surface area contributed by atoms with Crippen LogP contribution in [0.2, 0.25) is 5.02 Å². The van der Waals surface area contributed by atoms with E-state index < -0.39 is 0 Å². The molecular weight excluding hydrogens is 436 g/mol. The second-order valence-electron chi connectivity index (χ2n) is 7.03. The number of H-pyrrole nitrogens is 1. The number of hydrogen-bond donors (Lipinski definition) is 2. The van der Waals surface area contributed by atoms with E-state index in [2.05, 4.69) is 30.4 Å². The predicted molar refractivity (Wildman–Crippen MR) is 123 cm³/mol. The van der Waals surface area contributed by atoms with Crippen LogP contribution in [0.1, 0.15) is 0 Å². The first kappa shape index (κ1) is 20.0. The Kier molecular flexibility index (Phi) is 5.63. The van der Waals surface area contributed by atoms with Crippen LogP contribution in [0.4, 0.5) is 11.4 Å². The first-order valence-corrected chi connectivity index (χ1v) is 11.2. The Balaban J connectivity index is 1.29. The van der Waals surface area contributed by atoms with Gasteiger partial charge in [0.25, 0.3) is 0 Å². The first-order valence-electron chi connectivity index (χ1n) is 9.84. The zero-order chi connectivity index (χ0) is 21.2. The average molecular weight is 455 g/mol. The first-order chi connectivity index (χ1) is 15.2. The van der Waals surface area contributed by atoms with Gasteiger partial charge >= 0.3 is 0 Å². The zero-order valence-corrected chi connectivity index (χ0v) is 18.0. The van der Waals surface area contributed by atoms with Gasteiger partial charge in [-0.3, -0.25) is 4.79 Å². The van der Waals surface area contributed by atoms with E-state index in [1.54, 1.807) is 0 Å². The van der Waals surface area contributed by atoms with Crippen molar-refractivity contribution < 1.29 is 9.53 Å². The van der Waals surface area contributed by atoms with Crippen LogP contribution in [0, 0.1) is 0 Å². The number of thioether (sulfide) groups is 1. The third-order valence-electron chi connectivity index (χ3n) is 5.02. The zero-order valence-electron chi connectivity index (χ0n) is 16.5. The van der Waals surface area contributed by atoms with E-state index >= 15 is 0 Å². The van der Waals surface area contributed by atoms with Crippen molar-refractivity contribution >= 4 is 62.7 Å². The van der Waals surface area contributed by atoms with E-state index in [1.165, 1.54) is 11.8 Å². The Labute approximate surface area is 187 Å². The molecule has 31 heavy (non-hydrogen) atoms. The maximum absolute atomic E-state index is 12.6. The fraction of sp³-hybridized carbons (Fsp3) is 0.238. The number of nitrogens with zero attached hydrogens (tertiary/aromatic N) is 4. The van der Waals surface area contributed by atoms with Crippen LogP contribution in [-0.2, 0) is 9.53 Å². The van der Waals surface area contributed by atoms with E-state index in [4.69, 9.17) is 16.3 Å². The summed E-state index contributed by atoms with van der Waals surface area (Å²) < 4.78 is 5.42. The van der Waals surface area contributed by atoms with Gasteiger partial charge in [-0.1, -0.05) is 47.6 Å². The van der Waals surface area contributed by atoms with Crippen molar-refractivity contribution in [1.82, 2.24) is 20.2 Å². The normalized spacial score (nSPS) is 14.3. The number of amides is 1. The topological polar surface area (TPSA) is 96.0 Å². The molecule has 0 unspecified atom stereocenters. The Bertz CT molecular complexity index is 1260. The minimum Gasteiger partial charge on any atom is -0.378 e. The number of aromatic amines is 1. The Morgan fingerprint density at radius 2 is 2.00 bits per heavy atom. The van der Waals surface area contributed by atoms with Gasteiger partial charge in [0.2, 0.25) is 11.1 Å². The van der Waals surface area contributed by atoms with Gasteiger partial charge in [-0.05, 0) is 18.2 Å². The van der Waals surface area contributed by atoms with Crippen molar-refractivity contribution in [3.05, 3.63) is 47.5 Å². The molecule has 0 radical (unpaired) electrons.